The van der Waals surface area contributed by atoms with Crippen LogP contribution in [-0.2, 0) is 0 Å². The molecule has 0 aromatic heterocycles. The third-order valence-electron chi connectivity index (χ3n) is 1.58. The summed E-state index contributed by atoms with van der Waals surface area (Å²) < 4.78 is 0. The van der Waals surface area contributed by atoms with Gasteiger partial charge in [0.05, 0.1) is 0 Å². The normalized spacial score (nSPS) is 24.2. The molecule has 0 bridgehead atoms. The van der Waals surface area contributed by atoms with E-state index in [2.05, 4.69) is 31.0 Å². The number of aliphatic imine (C=N–C) groups is 1. The van der Waals surface area contributed by atoms with Gasteiger partial charge in [-0.1, -0.05) is 25.5 Å². The molecule has 1 unspecified atom stereocenters. The Morgan fingerprint density at radius 3 is 3.10 bits per heavy atom. The van der Waals surface area contributed by atoms with E-state index in [1.54, 1.807) is 0 Å². The summed E-state index contributed by atoms with van der Waals surface area (Å²) in [5.41, 5.74) is 1.38. The van der Waals surface area contributed by atoms with Gasteiger partial charge in [0, 0.05) is 18.3 Å². The van der Waals surface area contributed by atoms with Crippen molar-refractivity contribution in [3.05, 3.63) is 23.9 Å². The Labute approximate surface area is 62.2 Å². The van der Waals surface area contributed by atoms with Crippen molar-refractivity contribution in [3.8, 4) is 0 Å². The molecule has 0 saturated heterocycles. The molecule has 0 radical (unpaired) electrons. The van der Waals surface area contributed by atoms with Gasteiger partial charge in [0.1, 0.15) is 0 Å². The summed E-state index contributed by atoms with van der Waals surface area (Å²) in [7, 11) is 0. The zero-order valence-electron chi connectivity index (χ0n) is 6.54. The predicted octanol–water partition coefficient (Wildman–Crippen LogP) is 2.56. The second kappa shape index (κ2) is 3.35. The van der Waals surface area contributed by atoms with Crippen LogP contribution in [0.25, 0.3) is 0 Å². The summed E-state index contributed by atoms with van der Waals surface area (Å²) in [4.78, 5) is 4.09. The Hall–Kier alpha value is -0.850. The van der Waals surface area contributed by atoms with Crippen LogP contribution in [0.15, 0.2) is 28.9 Å². The third kappa shape index (κ3) is 1.83. The molecule has 0 fully saturated rings. The van der Waals surface area contributed by atoms with E-state index in [4.69, 9.17) is 0 Å². The maximum atomic E-state index is 4.09. The standard InChI is InChI=1S/C9H13N/c1-3-9-4-5-10-7-8(2)6-9/h4-8H,3H2,1-2H3. The predicted molar refractivity (Wildman–Crippen MR) is 45.2 cm³/mol. The highest BCUT2D eigenvalue weighted by atomic mass is 14.7. The molecular weight excluding hydrogens is 122 g/mol. The maximum absolute atomic E-state index is 4.09. The summed E-state index contributed by atoms with van der Waals surface area (Å²) in [5.74, 6) is 0.491. The van der Waals surface area contributed by atoms with Crippen LogP contribution < -0.4 is 0 Å². The van der Waals surface area contributed by atoms with Gasteiger partial charge in [0.25, 0.3) is 0 Å². The topological polar surface area (TPSA) is 12.4 Å². The van der Waals surface area contributed by atoms with Gasteiger partial charge in [-0.15, -0.1) is 0 Å². The molecular formula is C9H13N. The van der Waals surface area contributed by atoms with E-state index in [-0.39, 0.29) is 0 Å². The highest BCUT2D eigenvalue weighted by Crippen LogP contribution is 2.09. The van der Waals surface area contributed by atoms with Gasteiger partial charge in [-0.25, -0.2) is 0 Å². The van der Waals surface area contributed by atoms with Crippen molar-refractivity contribution in [2.24, 2.45) is 10.9 Å². The number of allylic oxidation sites excluding steroid dienone is 3. The molecule has 0 N–H and O–H groups in total. The van der Waals surface area contributed by atoms with Crippen LogP contribution in [0.5, 0.6) is 0 Å². The quantitative estimate of drug-likeness (QED) is 0.524. The Bertz CT molecular complexity index is 187. The minimum absolute atomic E-state index is 0.491. The van der Waals surface area contributed by atoms with Gasteiger partial charge in [-0.2, -0.15) is 0 Å². The summed E-state index contributed by atoms with van der Waals surface area (Å²) in [6.45, 7) is 4.31. The van der Waals surface area contributed by atoms with Crippen molar-refractivity contribution in [2.75, 3.05) is 0 Å². The van der Waals surface area contributed by atoms with Gasteiger partial charge < -0.3 is 0 Å². The maximum Gasteiger partial charge on any atom is 0.0266 e. The number of nitrogens with zero attached hydrogens (tertiary/aromatic N) is 1. The second-order valence-corrected chi connectivity index (χ2v) is 2.57. The van der Waals surface area contributed by atoms with E-state index in [0.29, 0.717) is 5.92 Å². The fourth-order valence-corrected chi connectivity index (χ4v) is 0.996. The Morgan fingerprint density at radius 2 is 2.40 bits per heavy atom. The van der Waals surface area contributed by atoms with Crippen LogP contribution in [0.3, 0.4) is 0 Å². The molecule has 1 heterocycles. The van der Waals surface area contributed by atoms with Crippen LogP contribution in [0.1, 0.15) is 20.3 Å². The first-order valence-corrected chi connectivity index (χ1v) is 3.73. The van der Waals surface area contributed by atoms with Crippen LogP contribution in [-0.4, -0.2) is 6.21 Å². The smallest absolute Gasteiger partial charge is 0.0266 e. The molecule has 0 amide bonds. The Kier molecular flexibility index (Phi) is 2.43. The summed E-state index contributed by atoms with van der Waals surface area (Å²) in [5, 5.41) is 0. The third-order valence-corrected chi connectivity index (χ3v) is 1.58. The summed E-state index contributed by atoms with van der Waals surface area (Å²) in [6, 6.07) is 0. The molecule has 0 saturated carbocycles. The van der Waals surface area contributed by atoms with Crippen LogP contribution in [0.2, 0.25) is 0 Å². The Morgan fingerprint density at radius 1 is 1.60 bits per heavy atom. The van der Waals surface area contributed by atoms with Crippen molar-refractivity contribution >= 4 is 6.21 Å². The molecule has 0 aliphatic carbocycles. The van der Waals surface area contributed by atoms with Crippen LogP contribution in [0, 0.1) is 5.92 Å². The molecule has 54 valence electrons. The molecule has 1 rings (SSSR count). The van der Waals surface area contributed by atoms with Gasteiger partial charge >= 0.3 is 0 Å². The zero-order valence-corrected chi connectivity index (χ0v) is 6.54. The first kappa shape index (κ1) is 7.26. The van der Waals surface area contributed by atoms with Gasteiger partial charge in [-0.3, -0.25) is 4.99 Å². The van der Waals surface area contributed by atoms with Crippen LogP contribution >= 0.6 is 0 Å². The molecule has 1 heteroatoms. The summed E-state index contributed by atoms with van der Waals surface area (Å²) in [6.07, 6.45) is 9.23. The highest BCUT2D eigenvalue weighted by molar-refractivity contribution is 5.64. The second-order valence-electron chi connectivity index (χ2n) is 2.57. The average molecular weight is 135 g/mol. The monoisotopic (exact) mass is 135 g/mol. The molecule has 1 nitrogen and oxygen atoms in total. The lowest BCUT2D eigenvalue weighted by Gasteiger charge is -1.97. The first-order valence-electron chi connectivity index (χ1n) is 3.73. The lowest BCUT2D eigenvalue weighted by Crippen LogP contribution is -1.89. The fourth-order valence-electron chi connectivity index (χ4n) is 0.996. The zero-order chi connectivity index (χ0) is 7.40. The highest BCUT2D eigenvalue weighted by Gasteiger charge is 1.96. The molecule has 0 aromatic carbocycles. The van der Waals surface area contributed by atoms with Gasteiger partial charge in [-0.05, 0) is 12.5 Å². The number of hydrogen-bond donors (Lipinski definition) is 0. The fraction of sp³-hybridized carbons (Fsp3) is 0.444. The van der Waals surface area contributed by atoms with Crippen LogP contribution in [0.4, 0.5) is 0 Å². The van der Waals surface area contributed by atoms with Crippen molar-refractivity contribution in [2.45, 2.75) is 20.3 Å². The van der Waals surface area contributed by atoms with E-state index >= 15 is 0 Å². The average Bonchev–Trinajstić information content (AvgIpc) is 2.13. The molecule has 0 spiro atoms. The molecule has 1 aliphatic heterocycles. The van der Waals surface area contributed by atoms with Gasteiger partial charge in [0.15, 0.2) is 0 Å². The van der Waals surface area contributed by atoms with E-state index in [9.17, 15) is 0 Å². The van der Waals surface area contributed by atoms with E-state index in [1.807, 2.05) is 12.4 Å². The Balaban J connectivity index is 2.74. The van der Waals surface area contributed by atoms with Crippen molar-refractivity contribution in [3.63, 3.8) is 0 Å². The van der Waals surface area contributed by atoms with Crippen molar-refractivity contribution in [1.82, 2.24) is 0 Å². The molecule has 1 atom stereocenters. The van der Waals surface area contributed by atoms with Crippen molar-refractivity contribution < 1.29 is 0 Å². The SMILES string of the molecule is CCC1=CC(C)C=NC=C1. The lowest BCUT2D eigenvalue weighted by molar-refractivity contribution is 0.995. The molecule has 10 heavy (non-hydrogen) atoms. The van der Waals surface area contributed by atoms with E-state index < -0.39 is 0 Å². The number of hydrogen-bond acceptors (Lipinski definition) is 1. The minimum atomic E-state index is 0.491. The van der Waals surface area contributed by atoms with E-state index in [0.717, 1.165) is 6.42 Å². The van der Waals surface area contributed by atoms with Gasteiger partial charge in [0.2, 0.25) is 0 Å². The first-order chi connectivity index (χ1) is 4.83. The minimum Gasteiger partial charge on any atom is -0.268 e. The summed E-state index contributed by atoms with van der Waals surface area (Å²) >= 11 is 0. The largest absolute Gasteiger partial charge is 0.268 e. The molecule has 0 aromatic rings. The molecule has 1 aliphatic rings. The van der Waals surface area contributed by atoms with E-state index in [1.165, 1.54) is 5.57 Å². The lowest BCUT2D eigenvalue weighted by atomic mass is 10.1. The number of rotatable bonds is 1. The van der Waals surface area contributed by atoms with Crippen molar-refractivity contribution in [1.29, 1.82) is 0 Å².